The summed E-state index contributed by atoms with van der Waals surface area (Å²) >= 11 is 14.7. The summed E-state index contributed by atoms with van der Waals surface area (Å²) < 4.78 is 3.44. The number of thiazole rings is 1. The van der Waals surface area contributed by atoms with Gasteiger partial charge >= 0.3 is 0 Å². The van der Waals surface area contributed by atoms with Crippen LogP contribution in [0.1, 0.15) is 0 Å². The van der Waals surface area contributed by atoms with Gasteiger partial charge in [-0.25, -0.2) is 4.98 Å². The minimum Gasteiger partial charge on any atom is -0.309 e. The van der Waals surface area contributed by atoms with Crippen LogP contribution in [0.3, 0.4) is 0 Å². The van der Waals surface area contributed by atoms with Gasteiger partial charge in [0.05, 0.1) is 37.0 Å². The number of benzene rings is 4. The molecule has 0 spiro atoms. The zero-order valence-electron chi connectivity index (χ0n) is 16.2. The minimum atomic E-state index is 0.521. The minimum absolute atomic E-state index is 0.521. The van der Waals surface area contributed by atoms with Crippen molar-refractivity contribution in [3.63, 3.8) is 0 Å². The number of aromatic nitrogens is 2. The lowest BCUT2D eigenvalue weighted by Crippen LogP contribution is -2.10. The number of nitrogens with zero attached hydrogens (tertiary/aromatic N) is 3. The van der Waals surface area contributed by atoms with Crippen molar-refractivity contribution in [2.24, 2.45) is 0 Å². The van der Waals surface area contributed by atoms with Gasteiger partial charge in [-0.2, -0.15) is 0 Å². The zero-order chi connectivity index (χ0) is 20.9. The molecule has 0 saturated carbocycles. The first-order chi connectivity index (χ1) is 15.2. The van der Waals surface area contributed by atoms with Gasteiger partial charge in [-0.15, -0.1) is 0 Å². The number of rotatable bonds is 3. The van der Waals surface area contributed by atoms with Crippen molar-refractivity contribution in [2.75, 3.05) is 4.90 Å². The molecular weight excluding hydrogens is 445 g/mol. The van der Waals surface area contributed by atoms with Gasteiger partial charge in [0, 0.05) is 11.4 Å². The van der Waals surface area contributed by atoms with Gasteiger partial charge in [-0.3, -0.25) is 4.40 Å². The lowest BCUT2D eigenvalue weighted by atomic mass is 10.1. The Labute approximate surface area is 192 Å². The number of hydrogen-bond donors (Lipinski definition) is 0. The fraction of sp³-hybridized carbons (Fsp3) is 0. The van der Waals surface area contributed by atoms with Crippen molar-refractivity contribution < 1.29 is 0 Å². The van der Waals surface area contributed by atoms with Crippen molar-refractivity contribution in [3.8, 4) is 0 Å². The van der Waals surface area contributed by atoms with E-state index in [1.54, 1.807) is 17.4 Å². The molecule has 0 aliphatic rings. The van der Waals surface area contributed by atoms with Crippen LogP contribution in [-0.2, 0) is 0 Å². The first kappa shape index (κ1) is 18.7. The first-order valence-electron chi connectivity index (χ1n) is 9.80. The summed E-state index contributed by atoms with van der Waals surface area (Å²) in [6, 6.07) is 30.6. The largest absolute Gasteiger partial charge is 0.309 e. The third-order valence-corrected chi connectivity index (χ3v) is 7.19. The van der Waals surface area contributed by atoms with Crippen LogP contribution >= 0.6 is 34.5 Å². The van der Waals surface area contributed by atoms with Crippen LogP contribution in [-0.4, -0.2) is 9.38 Å². The van der Waals surface area contributed by atoms with Crippen molar-refractivity contribution in [2.45, 2.75) is 0 Å². The van der Waals surface area contributed by atoms with Gasteiger partial charge in [0.25, 0.3) is 0 Å². The van der Waals surface area contributed by atoms with E-state index in [0.717, 1.165) is 38.6 Å². The SMILES string of the molecule is Clc1cccc(N(c2ccccc2)c2ccc3nc4sc5ccccc5n4c3c2)c1Cl. The number of hydrogen-bond acceptors (Lipinski definition) is 3. The van der Waals surface area contributed by atoms with Gasteiger partial charge in [0.1, 0.15) is 0 Å². The summed E-state index contributed by atoms with van der Waals surface area (Å²) in [5, 5.41) is 1.05. The molecule has 0 amide bonds. The van der Waals surface area contributed by atoms with E-state index in [4.69, 9.17) is 28.2 Å². The highest BCUT2D eigenvalue weighted by Gasteiger charge is 2.19. The summed E-state index contributed by atoms with van der Waals surface area (Å²) in [4.78, 5) is 7.96. The number of halogens is 2. The first-order valence-corrected chi connectivity index (χ1v) is 11.4. The lowest BCUT2D eigenvalue weighted by Gasteiger charge is -2.26. The predicted molar refractivity (Wildman–Crippen MR) is 133 cm³/mol. The molecule has 6 rings (SSSR count). The molecule has 4 aromatic carbocycles. The Bertz CT molecular complexity index is 1570. The highest BCUT2D eigenvalue weighted by atomic mass is 35.5. The van der Waals surface area contributed by atoms with Crippen molar-refractivity contribution in [3.05, 3.63) is 101 Å². The number of anilines is 3. The van der Waals surface area contributed by atoms with Crippen LogP contribution in [0.2, 0.25) is 10.0 Å². The van der Waals surface area contributed by atoms with Crippen LogP contribution in [0.4, 0.5) is 17.1 Å². The smallest absolute Gasteiger partial charge is 0.195 e. The Kier molecular flexibility index (Phi) is 4.39. The summed E-state index contributed by atoms with van der Waals surface area (Å²) in [7, 11) is 0. The Morgan fingerprint density at radius 2 is 1.55 bits per heavy atom. The van der Waals surface area contributed by atoms with E-state index in [9.17, 15) is 0 Å². The molecular formula is C25H15Cl2N3S. The average molecular weight is 460 g/mol. The highest BCUT2D eigenvalue weighted by molar-refractivity contribution is 7.23. The van der Waals surface area contributed by atoms with E-state index < -0.39 is 0 Å². The van der Waals surface area contributed by atoms with Crippen molar-refractivity contribution >= 4 is 77.8 Å². The molecule has 2 heterocycles. The quantitative estimate of drug-likeness (QED) is 0.264. The summed E-state index contributed by atoms with van der Waals surface area (Å²) in [6.07, 6.45) is 0. The molecule has 31 heavy (non-hydrogen) atoms. The van der Waals surface area contributed by atoms with Gasteiger partial charge in [-0.05, 0) is 54.6 Å². The fourth-order valence-corrected chi connectivity index (χ4v) is 5.40. The van der Waals surface area contributed by atoms with Crippen LogP contribution in [0.15, 0.2) is 91.0 Å². The summed E-state index contributed by atoms with van der Waals surface area (Å²) in [5.74, 6) is 0. The molecule has 3 nitrogen and oxygen atoms in total. The topological polar surface area (TPSA) is 20.5 Å². The molecule has 0 atom stereocenters. The maximum absolute atomic E-state index is 6.65. The van der Waals surface area contributed by atoms with E-state index in [-0.39, 0.29) is 0 Å². The van der Waals surface area contributed by atoms with E-state index in [0.29, 0.717) is 10.0 Å². The molecule has 0 aliphatic carbocycles. The maximum Gasteiger partial charge on any atom is 0.195 e. The molecule has 0 fully saturated rings. The predicted octanol–water partition coefficient (Wildman–Crippen LogP) is 8.48. The second-order valence-corrected chi connectivity index (χ2v) is 9.01. The molecule has 0 aliphatic heterocycles. The number of fused-ring (bicyclic) bond motifs is 5. The van der Waals surface area contributed by atoms with E-state index in [1.807, 2.05) is 30.3 Å². The van der Waals surface area contributed by atoms with Crippen LogP contribution < -0.4 is 4.90 Å². The molecule has 150 valence electrons. The molecule has 6 heteroatoms. The summed E-state index contributed by atoms with van der Waals surface area (Å²) in [6.45, 7) is 0. The molecule has 0 bridgehead atoms. The molecule has 0 unspecified atom stereocenters. The van der Waals surface area contributed by atoms with E-state index >= 15 is 0 Å². The lowest BCUT2D eigenvalue weighted by molar-refractivity contribution is 1.28. The average Bonchev–Trinajstić information content (AvgIpc) is 3.33. The van der Waals surface area contributed by atoms with Gasteiger partial charge < -0.3 is 4.90 Å². The molecule has 0 radical (unpaired) electrons. The molecule has 6 aromatic rings. The number of para-hydroxylation sites is 2. The summed E-state index contributed by atoms with van der Waals surface area (Å²) in [5.41, 5.74) is 6.00. The number of imidazole rings is 1. The second kappa shape index (κ2) is 7.27. The van der Waals surface area contributed by atoms with Gasteiger partial charge in [0.2, 0.25) is 0 Å². The van der Waals surface area contributed by atoms with E-state index in [1.165, 1.54) is 4.70 Å². The van der Waals surface area contributed by atoms with Crippen molar-refractivity contribution in [1.82, 2.24) is 9.38 Å². The Hall–Kier alpha value is -3.05. The maximum atomic E-state index is 6.65. The third-order valence-electron chi connectivity index (χ3n) is 5.36. The highest BCUT2D eigenvalue weighted by Crippen LogP contribution is 2.42. The monoisotopic (exact) mass is 459 g/mol. The second-order valence-electron chi connectivity index (χ2n) is 7.22. The van der Waals surface area contributed by atoms with Crippen LogP contribution in [0.5, 0.6) is 0 Å². The third kappa shape index (κ3) is 2.99. The molecule has 0 N–H and O–H groups in total. The fourth-order valence-electron chi connectivity index (χ4n) is 3.98. The molecule has 0 saturated heterocycles. The standard InChI is InChI=1S/C25H15Cl2N3S/c26-18-9-6-11-21(24(18)27)29(16-7-2-1-3-8-16)17-13-14-19-22(15-17)30-20-10-4-5-12-23(20)31-25(30)28-19/h1-15H. The zero-order valence-corrected chi connectivity index (χ0v) is 18.5. The Balaban J connectivity index is 1.64. The van der Waals surface area contributed by atoms with Gasteiger partial charge in [0.15, 0.2) is 4.96 Å². The van der Waals surface area contributed by atoms with Crippen LogP contribution in [0, 0.1) is 0 Å². The van der Waals surface area contributed by atoms with E-state index in [2.05, 4.69) is 63.9 Å². The normalized spacial score (nSPS) is 11.5. The Morgan fingerprint density at radius 1 is 0.742 bits per heavy atom. The van der Waals surface area contributed by atoms with Crippen LogP contribution in [0.25, 0.3) is 26.2 Å². The Morgan fingerprint density at radius 3 is 2.42 bits per heavy atom. The van der Waals surface area contributed by atoms with Crippen molar-refractivity contribution in [1.29, 1.82) is 0 Å². The van der Waals surface area contributed by atoms with Gasteiger partial charge in [-0.1, -0.05) is 70.9 Å². The molecule has 2 aromatic heterocycles.